The molecule has 364 valence electrons. The normalized spacial score (nSPS) is 10.9. The highest BCUT2D eigenvalue weighted by molar-refractivity contribution is 5.92. The minimum absolute atomic E-state index is 0.0241. The van der Waals surface area contributed by atoms with Crippen LogP contribution >= 0.6 is 0 Å². The molecule has 0 spiro atoms. The first-order valence-electron chi connectivity index (χ1n) is 21.7. The van der Waals surface area contributed by atoms with E-state index in [2.05, 4.69) is 37.2 Å². The number of ketones is 1. The van der Waals surface area contributed by atoms with E-state index in [1.807, 2.05) is 0 Å². The van der Waals surface area contributed by atoms with Crippen LogP contribution in [0.4, 0.5) is 17.1 Å². The molecule has 0 aromatic heterocycles. The van der Waals surface area contributed by atoms with Crippen LogP contribution in [-0.4, -0.2) is 127 Å². The molecule has 0 radical (unpaired) electrons. The van der Waals surface area contributed by atoms with E-state index in [1.165, 1.54) is 79.7 Å². The van der Waals surface area contributed by atoms with E-state index in [0.29, 0.717) is 17.1 Å². The zero-order valence-electron chi connectivity index (χ0n) is 37.5. The lowest BCUT2D eigenvalue weighted by atomic mass is 10.0. The highest BCUT2D eigenvalue weighted by Gasteiger charge is 2.34. The monoisotopic (exact) mass is 935 g/mol. The van der Waals surface area contributed by atoms with Gasteiger partial charge in [0.2, 0.25) is 41.4 Å². The standard InChI is InChI=1S/C46H61N7O14/c1-32(54)3-2-4-45(64)53-46(29-65-26-20-39(58)47-23-17-42(61)50-33-5-11-36(55)12-6-33,30-66-27-21-40(59)48-24-18-43(62)51-34-7-13-37(56)14-8-34)31-67-28-22-41(60)49-25-19-44(63)52-35-9-15-38(57)16-10-35/h5-16,55-57H,2-4,17-31H2,1H3,(H,47,58)(H,48,59)(H,49,60)(H,50,61)(H,51,62)(H,52,63)(H,53,64). The summed E-state index contributed by atoms with van der Waals surface area (Å²) < 4.78 is 17.7. The number of ether oxygens (including phenoxy) is 3. The van der Waals surface area contributed by atoms with Gasteiger partial charge in [0, 0.05) is 88.1 Å². The van der Waals surface area contributed by atoms with Crippen molar-refractivity contribution in [1.82, 2.24) is 21.3 Å². The second-order valence-corrected chi connectivity index (χ2v) is 15.4. The van der Waals surface area contributed by atoms with Crippen molar-refractivity contribution in [2.75, 3.05) is 75.2 Å². The summed E-state index contributed by atoms with van der Waals surface area (Å²) in [7, 11) is 0. The molecule has 21 heteroatoms. The Balaban J connectivity index is 1.55. The summed E-state index contributed by atoms with van der Waals surface area (Å²) in [5.74, 6) is -2.75. The molecule has 7 amide bonds. The van der Waals surface area contributed by atoms with Gasteiger partial charge in [-0.3, -0.25) is 33.6 Å². The van der Waals surface area contributed by atoms with Crippen molar-refractivity contribution in [3.8, 4) is 17.2 Å². The van der Waals surface area contributed by atoms with Gasteiger partial charge < -0.3 is 71.5 Å². The number of carbonyl (C=O) groups excluding carboxylic acids is 8. The fraction of sp³-hybridized carbons (Fsp3) is 0.435. The van der Waals surface area contributed by atoms with Crippen LogP contribution in [0.3, 0.4) is 0 Å². The van der Waals surface area contributed by atoms with E-state index in [1.54, 1.807) is 0 Å². The molecule has 0 aliphatic heterocycles. The molecule has 0 saturated carbocycles. The van der Waals surface area contributed by atoms with Crippen LogP contribution in [0.15, 0.2) is 72.8 Å². The first-order chi connectivity index (χ1) is 32.1. The van der Waals surface area contributed by atoms with Crippen molar-refractivity contribution in [3.05, 3.63) is 72.8 Å². The van der Waals surface area contributed by atoms with Gasteiger partial charge in [-0.15, -0.1) is 0 Å². The van der Waals surface area contributed by atoms with Gasteiger partial charge in [0.15, 0.2) is 0 Å². The average Bonchev–Trinajstić information content (AvgIpc) is 3.27. The SMILES string of the molecule is CC(=O)CCCC(=O)NC(COCCC(=O)NCCC(=O)Nc1ccc(O)cc1)(COCCC(=O)NCCC(=O)Nc1ccc(O)cc1)COCCC(=O)NCCC(=O)Nc1ccc(O)cc1. The van der Waals surface area contributed by atoms with Crippen molar-refractivity contribution >= 4 is 64.2 Å². The van der Waals surface area contributed by atoms with Gasteiger partial charge in [0.25, 0.3) is 0 Å². The molecule has 67 heavy (non-hydrogen) atoms. The van der Waals surface area contributed by atoms with E-state index in [9.17, 15) is 53.7 Å². The lowest BCUT2D eigenvalue weighted by Gasteiger charge is -2.34. The lowest BCUT2D eigenvalue weighted by Crippen LogP contribution is -2.58. The third kappa shape index (κ3) is 24.7. The highest BCUT2D eigenvalue weighted by Crippen LogP contribution is 2.16. The number of carbonyl (C=O) groups is 8. The number of hydrogen-bond donors (Lipinski definition) is 10. The molecule has 0 saturated heterocycles. The maximum atomic E-state index is 13.3. The van der Waals surface area contributed by atoms with Crippen LogP contribution in [0.2, 0.25) is 0 Å². The summed E-state index contributed by atoms with van der Waals surface area (Å²) in [5, 5.41) is 47.0. The van der Waals surface area contributed by atoms with Gasteiger partial charge >= 0.3 is 0 Å². The number of benzene rings is 3. The minimum atomic E-state index is -1.41. The molecule has 0 unspecified atom stereocenters. The smallest absolute Gasteiger partial charge is 0.226 e. The molecular weight excluding hydrogens is 875 g/mol. The minimum Gasteiger partial charge on any atom is -0.508 e. The quantitative estimate of drug-likeness (QED) is 0.0318. The largest absolute Gasteiger partial charge is 0.508 e. The van der Waals surface area contributed by atoms with Crippen LogP contribution in [-0.2, 0) is 52.6 Å². The Morgan fingerprint density at radius 1 is 0.418 bits per heavy atom. The predicted molar refractivity (Wildman–Crippen MR) is 245 cm³/mol. The molecular formula is C46H61N7O14. The van der Waals surface area contributed by atoms with Gasteiger partial charge in [-0.2, -0.15) is 0 Å². The second kappa shape index (κ2) is 30.2. The molecule has 3 rings (SSSR count). The van der Waals surface area contributed by atoms with Crippen molar-refractivity contribution in [2.45, 2.75) is 70.3 Å². The first kappa shape index (κ1) is 54.2. The number of anilines is 3. The Labute approximate surface area is 388 Å². The summed E-state index contributed by atoms with van der Waals surface area (Å²) in [4.78, 5) is 99.6. The highest BCUT2D eigenvalue weighted by atomic mass is 16.5. The molecule has 0 heterocycles. The molecule has 21 nitrogen and oxygen atoms in total. The van der Waals surface area contributed by atoms with Crippen LogP contribution in [0, 0.1) is 0 Å². The van der Waals surface area contributed by atoms with E-state index >= 15 is 0 Å². The molecule has 3 aromatic rings. The van der Waals surface area contributed by atoms with Crippen molar-refractivity contribution in [3.63, 3.8) is 0 Å². The second-order valence-electron chi connectivity index (χ2n) is 15.4. The van der Waals surface area contributed by atoms with Crippen molar-refractivity contribution < 1.29 is 67.9 Å². The van der Waals surface area contributed by atoms with Gasteiger partial charge in [-0.1, -0.05) is 0 Å². The average molecular weight is 936 g/mol. The Morgan fingerprint density at radius 2 is 0.731 bits per heavy atom. The zero-order chi connectivity index (χ0) is 48.9. The summed E-state index contributed by atoms with van der Waals surface area (Å²) >= 11 is 0. The Bertz CT molecular complexity index is 1860. The Hall–Kier alpha value is -7.10. The topological polar surface area (TPSA) is 309 Å². The van der Waals surface area contributed by atoms with Crippen molar-refractivity contribution in [2.24, 2.45) is 0 Å². The molecule has 3 aromatic carbocycles. The van der Waals surface area contributed by atoms with Gasteiger partial charge in [0.1, 0.15) is 28.6 Å². The first-order valence-corrected chi connectivity index (χ1v) is 21.7. The van der Waals surface area contributed by atoms with Crippen LogP contribution < -0.4 is 37.2 Å². The number of hydrogen-bond acceptors (Lipinski definition) is 14. The zero-order valence-corrected chi connectivity index (χ0v) is 37.5. The van der Waals surface area contributed by atoms with Crippen molar-refractivity contribution in [1.29, 1.82) is 0 Å². The molecule has 0 aliphatic rings. The summed E-state index contributed by atoms with van der Waals surface area (Å²) in [6.45, 7) is 0.377. The van der Waals surface area contributed by atoms with Crippen LogP contribution in [0.1, 0.15) is 64.7 Å². The number of phenolic OH excluding ortho intramolecular Hbond substituents is 3. The lowest BCUT2D eigenvalue weighted by molar-refractivity contribution is -0.131. The predicted octanol–water partition coefficient (Wildman–Crippen LogP) is 2.37. The number of aromatic hydroxyl groups is 3. The van der Waals surface area contributed by atoms with E-state index in [0.717, 1.165) is 0 Å². The van der Waals surface area contributed by atoms with E-state index in [4.69, 9.17) is 14.2 Å². The number of rotatable bonds is 32. The van der Waals surface area contributed by atoms with Gasteiger partial charge in [-0.25, -0.2) is 0 Å². The molecule has 0 fully saturated rings. The third-order valence-corrected chi connectivity index (χ3v) is 9.37. The van der Waals surface area contributed by atoms with E-state index < -0.39 is 29.2 Å². The summed E-state index contributed by atoms with van der Waals surface area (Å²) in [5.41, 5.74) is 0.0181. The molecule has 10 N–H and O–H groups in total. The number of amides is 7. The maximum Gasteiger partial charge on any atom is 0.226 e. The summed E-state index contributed by atoms with van der Waals surface area (Å²) in [6.07, 6.45) is -0.0446. The fourth-order valence-corrected chi connectivity index (χ4v) is 5.90. The number of nitrogens with one attached hydrogen (secondary N) is 7. The number of Topliss-reactive ketones (excluding diaryl/α,β-unsaturated/α-hetero) is 1. The molecule has 0 bridgehead atoms. The number of phenols is 3. The Morgan fingerprint density at radius 3 is 1.03 bits per heavy atom. The van der Waals surface area contributed by atoms with E-state index in [-0.39, 0.29) is 158 Å². The van der Waals surface area contributed by atoms with Crippen LogP contribution in [0.25, 0.3) is 0 Å². The molecule has 0 aliphatic carbocycles. The summed E-state index contributed by atoms with van der Waals surface area (Å²) in [6, 6.07) is 17.7. The maximum absolute atomic E-state index is 13.3. The Kier molecular flexibility index (Phi) is 24.4. The van der Waals surface area contributed by atoms with Gasteiger partial charge in [0.05, 0.1) is 39.6 Å². The fourth-order valence-electron chi connectivity index (χ4n) is 5.90. The van der Waals surface area contributed by atoms with Crippen LogP contribution in [0.5, 0.6) is 17.2 Å². The third-order valence-electron chi connectivity index (χ3n) is 9.37. The van der Waals surface area contributed by atoms with Gasteiger partial charge in [-0.05, 0) is 86.1 Å². The molecule has 0 atom stereocenters.